The minimum absolute atomic E-state index is 0.277. The van der Waals surface area contributed by atoms with E-state index in [-0.39, 0.29) is 6.10 Å². The van der Waals surface area contributed by atoms with Crippen LogP contribution in [-0.2, 0) is 4.74 Å². The number of nitrogens with zero attached hydrogens (tertiary/aromatic N) is 3. The van der Waals surface area contributed by atoms with E-state index >= 15 is 4.39 Å². The smallest absolute Gasteiger partial charge is 0.123 e. The van der Waals surface area contributed by atoms with Crippen molar-refractivity contribution in [2.45, 2.75) is 69.2 Å². The predicted octanol–water partition coefficient (Wildman–Crippen LogP) is 2.88. The van der Waals surface area contributed by atoms with E-state index in [0.717, 1.165) is 84.0 Å². The monoisotopic (exact) mass is 422 g/mol. The van der Waals surface area contributed by atoms with E-state index in [2.05, 4.69) is 26.6 Å². The summed E-state index contributed by atoms with van der Waals surface area (Å²) in [6.07, 6.45) is 10.6. The van der Waals surface area contributed by atoms with Crippen molar-refractivity contribution in [3.63, 3.8) is 0 Å². The molecule has 0 amide bonds. The number of piperidine rings is 2. The Labute approximate surface area is 183 Å². The minimum atomic E-state index is -1.01. The molecule has 3 saturated heterocycles. The van der Waals surface area contributed by atoms with E-state index in [9.17, 15) is 0 Å². The van der Waals surface area contributed by atoms with Gasteiger partial charge in [-0.3, -0.25) is 4.90 Å². The van der Waals surface area contributed by atoms with Crippen LogP contribution in [-0.4, -0.2) is 98.0 Å². The van der Waals surface area contributed by atoms with Crippen molar-refractivity contribution in [3.8, 4) is 0 Å². The maximum atomic E-state index is 15.5. The summed E-state index contributed by atoms with van der Waals surface area (Å²) in [4.78, 5) is 7.34. The Morgan fingerprint density at radius 1 is 0.933 bits per heavy atom. The standard InChI is InChI=1S/C24H43FN4O/c1-2-27-13-3-4-21(18-27)19-28-14-16-29(17-15-28)20-24(25)9-5-22(6-10-24)30-23-7-11-26-12-8-23/h2,21-23,26H,1,3-20H2. The van der Waals surface area contributed by atoms with Gasteiger partial charge in [-0.15, -0.1) is 0 Å². The number of piperazine rings is 1. The third-order valence-electron chi connectivity index (χ3n) is 7.80. The zero-order valence-corrected chi connectivity index (χ0v) is 18.9. The fraction of sp³-hybridized carbons (Fsp3) is 0.917. The molecule has 30 heavy (non-hydrogen) atoms. The van der Waals surface area contributed by atoms with Crippen LogP contribution in [0.5, 0.6) is 0 Å². The van der Waals surface area contributed by atoms with Crippen LogP contribution >= 0.6 is 0 Å². The van der Waals surface area contributed by atoms with Gasteiger partial charge in [-0.25, -0.2) is 4.39 Å². The Bertz CT molecular complexity index is 525. The van der Waals surface area contributed by atoms with Crippen molar-refractivity contribution in [2.24, 2.45) is 5.92 Å². The molecule has 1 atom stereocenters. The molecule has 0 bridgehead atoms. The molecule has 0 aromatic carbocycles. The van der Waals surface area contributed by atoms with E-state index in [1.165, 1.54) is 19.4 Å². The van der Waals surface area contributed by atoms with Gasteiger partial charge in [0.1, 0.15) is 5.67 Å². The zero-order valence-electron chi connectivity index (χ0n) is 18.9. The number of rotatable bonds is 7. The number of hydrogen-bond donors (Lipinski definition) is 1. The van der Waals surface area contributed by atoms with Gasteiger partial charge in [-0.1, -0.05) is 6.58 Å². The van der Waals surface area contributed by atoms with Gasteiger partial charge in [-0.2, -0.15) is 0 Å². The van der Waals surface area contributed by atoms with Gasteiger partial charge in [0, 0.05) is 52.4 Å². The maximum Gasteiger partial charge on any atom is 0.123 e. The normalized spacial score (nSPS) is 35.4. The van der Waals surface area contributed by atoms with Crippen LogP contribution in [0.2, 0.25) is 0 Å². The Morgan fingerprint density at radius 3 is 2.30 bits per heavy atom. The van der Waals surface area contributed by atoms with Crippen molar-refractivity contribution in [1.82, 2.24) is 20.0 Å². The Balaban J connectivity index is 1.14. The highest BCUT2D eigenvalue weighted by atomic mass is 19.1. The molecule has 5 nitrogen and oxygen atoms in total. The summed E-state index contributed by atoms with van der Waals surface area (Å²) in [5.41, 5.74) is -1.01. The summed E-state index contributed by atoms with van der Waals surface area (Å²) in [6.45, 7) is 14.4. The summed E-state index contributed by atoms with van der Waals surface area (Å²) in [7, 11) is 0. The second-order valence-corrected chi connectivity index (χ2v) is 10.2. The van der Waals surface area contributed by atoms with Crippen LogP contribution in [0.15, 0.2) is 12.8 Å². The number of ether oxygens (including phenoxy) is 1. The number of hydrogen-bond acceptors (Lipinski definition) is 5. The van der Waals surface area contributed by atoms with Crippen molar-refractivity contribution >= 4 is 0 Å². The highest BCUT2D eigenvalue weighted by molar-refractivity contribution is 4.91. The molecule has 4 aliphatic rings. The van der Waals surface area contributed by atoms with Gasteiger partial charge >= 0.3 is 0 Å². The van der Waals surface area contributed by atoms with Crippen molar-refractivity contribution in [1.29, 1.82) is 0 Å². The van der Waals surface area contributed by atoms with Crippen molar-refractivity contribution in [2.75, 3.05) is 65.4 Å². The Kier molecular flexibility index (Phi) is 8.07. The topological polar surface area (TPSA) is 31.0 Å². The van der Waals surface area contributed by atoms with Crippen molar-refractivity contribution in [3.05, 3.63) is 12.8 Å². The average Bonchev–Trinajstić information content (AvgIpc) is 2.78. The third-order valence-corrected chi connectivity index (χ3v) is 7.80. The summed E-state index contributed by atoms with van der Waals surface area (Å²) in [5, 5.41) is 3.39. The SMILES string of the molecule is C=CN1CCCC(CN2CCN(CC3(F)CCC(OC4CCNCC4)CC3)CC2)C1. The number of likely N-dealkylation sites (tertiary alicyclic amines) is 1. The van der Waals surface area contributed by atoms with E-state index in [0.29, 0.717) is 25.5 Å². The van der Waals surface area contributed by atoms with E-state index in [1.807, 2.05) is 6.20 Å². The summed E-state index contributed by atoms with van der Waals surface area (Å²) >= 11 is 0. The molecular formula is C24H43FN4O. The summed E-state index contributed by atoms with van der Waals surface area (Å²) in [5.74, 6) is 0.756. The largest absolute Gasteiger partial charge is 0.378 e. The summed E-state index contributed by atoms with van der Waals surface area (Å²) < 4.78 is 21.8. The van der Waals surface area contributed by atoms with Gasteiger partial charge in [0.15, 0.2) is 0 Å². The first-order valence-corrected chi connectivity index (χ1v) is 12.5. The molecular weight excluding hydrogens is 379 g/mol. The first kappa shape index (κ1) is 22.5. The van der Waals surface area contributed by atoms with Crippen LogP contribution in [0.25, 0.3) is 0 Å². The fourth-order valence-electron chi connectivity index (χ4n) is 5.91. The minimum Gasteiger partial charge on any atom is -0.378 e. The lowest BCUT2D eigenvalue weighted by Crippen LogP contribution is -2.53. The molecule has 4 rings (SSSR count). The quantitative estimate of drug-likeness (QED) is 0.682. The first-order valence-electron chi connectivity index (χ1n) is 12.5. The van der Waals surface area contributed by atoms with Gasteiger partial charge in [0.2, 0.25) is 0 Å². The second kappa shape index (κ2) is 10.8. The third kappa shape index (κ3) is 6.41. The van der Waals surface area contributed by atoms with Crippen molar-refractivity contribution < 1.29 is 9.13 Å². The summed E-state index contributed by atoms with van der Waals surface area (Å²) in [6, 6.07) is 0. The molecule has 1 saturated carbocycles. The van der Waals surface area contributed by atoms with Crippen LogP contribution in [0.1, 0.15) is 51.4 Å². The molecule has 0 aromatic rings. The lowest BCUT2D eigenvalue weighted by atomic mass is 9.84. The van der Waals surface area contributed by atoms with E-state index in [4.69, 9.17) is 4.74 Å². The maximum absolute atomic E-state index is 15.5. The highest BCUT2D eigenvalue weighted by Gasteiger charge is 2.38. The molecule has 1 N–H and O–H groups in total. The molecule has 1 unspecified atom stereocenters. The van der Waals surface area contributed by atoms with Crippen LogP contribution < -0.4 is 5.32 Å². The lowest BCUT2D eigenvalue weighted by molar-refractivity contribution is -0.0721. The first-order chi connectivity index (χ1) is 14.6. The van der Waals surface area contributed by atoms with E-state index in [1.54, 1.807) is 0 Å². The van der Waals surface area contributed by atoms with E-state index < -0.39 is 5.67 Å². The highest BCUT2D eigenvalue weighted by Crippen LogP contribution is 2.35. The zero-order chi connectivity index (χ0) is 20.8. The average molecular weight is 423 g/mol. The molecule has 4 fully saturated rings. The molecule has 0 aromatic heterocycles. The number of halogens is 1. The van der Waals surface area contributed by atoms with Crippen LogP contribution in [0.4, 0.5) is 4.39 Å². The van der Waals surface area contributed by atoms with Crippen LogP contribution in [0, 0.1) is 5.92 Å². The molecule has 3 aliphatic heterocycles. The Hall–Kier alpha value is -0.690. The molecule has 172 valence electrons. The molecule has 1 aliphatic carbocycles. The van der Waals surface area contributed by atoms with Gasteiger partial charge < -0.3 is 19.9 Å². The predicted molar refractivity (Wildman–Crippen MR) is 120 cm³/mol. The molecule has 3 heterocycles. The number of alkyl halides is 1. The fourth-order valence-corrected chi connectivity index (χ4v) is 5.91. The molecule has 0 spiro atoms. The molecule has 0 radical (unpaired) electrons. The molecule has 6 heteroatoms. The van der Waals surface area contributed by atoms with Crippen LogP contribution in [0.3, 0.4) is 0 Å². The Morgan fingerprint density at radius 2 is 1.60 bits per heavy atom. The number of nitrogens with one attached hydrogen (secondary N) is 1. The lowest BCUT2D eigenvalue weighted by Gasteiger charge is -2.42. The van der Waals surface area contributed by atoms with Gasteiger partial charge in [0.25, 0.3) is 0 Å². The van der Waals surface area contributed by atoms with Gasteiger partial charge in [0.05, 0.1) is 12.2 Å². The van der Waals surface area contributed by atoms with Gasteiger partial charge in [-0.05, 0) is 76.6 Å². The second-order valence-electron chi connectivity index (χ2n) is 10.2.